The van der Waals surface area contributed by atoms with E-state index in [2.05, 4.69) is 98.9 Å². The van der Waals surface area contributed by atoms with Crippen LogP contribution in [-0.2, 0) is 27.9 Å². The molecule has 2 atom stereocenters. The summed E-state index contributed by atoms with van der Waals surface area (Å²) in [5, 5.41) is 0. The third-order valence-corrected chi connectivity index (χ3v) is 11.9. The second-order valence-corrected chi connectivity index (χ2v) is 20.0. The normalized spacial score (nSPS) is 14.2. The predicted molar refractivity (Wildman–Crippen MR) is 279 cm³/mol. The summed E-state index contributed by atoms with van der Waals surface area (Å²) >= 11 is 0. The fourth-order valence-corrected chi connectivity index (χ4v) is 7.65. The Morgan fingerprint density at radius 3 is 1.34 bits per heavy atom. The molecule has 0 aromatic rings. The highest BCUT2D eigenvalue weighted by molar-refractivity contribution is 7.47. The molecule has 2 unspecified atom stereocenters. The Labute approximate surface area is 401 Å². The standard InChI is InChI=1S/C56H100NO7P/c1-6-8-10-12-14-16-18-20-22-24-26-27-28-29-30-32-34-36-38-40-42-44-46-48-51-61-53-55(54-63-65(59,60)62-52-50-57(3,4)5)64-56(58)49-47-45-43-41-39-37-35-33-31-25-23-21-19-17-15-13-11-9-7-2/h9,11,15,17-18,20-21,23-24,26,28-29,31,33,55H,6-8,10,12-14,16,19,22,25,27,30,32,34-54H2,1-5H3/p+1/b11-9-,17-15-,20-18-,23-21-,26-24-,29-28-,33-31-. The van der Waals surface area contributed by atoms with Crippen molar-refractivity contribution in [1.82, 2.24) is 0 Å². The average Bonchev–Trinajstić information content (AvgIpc) is 3.27. The van der Waals surface area contributed by atoms with E-state index in [1.165, 1.54) is 103 Å². The van der Waals surface area contributed by atoms with Crippen LogP contribution in [-0.4, -0.2) is 75.6 Å². The lowest BCUT2D eigenvalue weighted by molar-refractivity contribution is -0.870. The number of likely N-dealkylation sites (N-methyl/N-ethyl adjacent to an activating group) is 1. The fourth-order valence-electron chi connectivity index (χ4n) is 6.90. The van der Waals surface area contributed by atoms with E-state index in [1.54, 1.807) is 0 Å². The highest BCUT2D eigenvalue weighted by Crippen LogP contribution is 2.43. The third-order valence-electron chi connectivity index (χ3n) is 10.9. The monoisotopic (exact) mass is 931 g/mol. The first kappa shape index (κ1) is 62.7. The molecule has 9 heteroatoms. The highest BCUT2D eigenvalue weighted by atomic mass is 31.2. The zero-order valence-electron chi connectivity index (χ0n) is 42.7. The molecule has 0 aliphatic rings. The van der Waals surface area contributed by atoms with Gasteiger partial charge in [-0.05, 0) is 89.9 Å². The first-order chi connectivity index (χ1) is 31.6. The van der Waals surface area contributed by atoms with Gasteiger partial charge in [0.05, 0.1) is 34.4 Å². The molecule has 376 valence electrons. The molecule has 0 heterocycles. The number of carbonyl (C=O) groups is 1. The van der Waals surface area contributed by atoms with Gasteiger partial charge in [-0.1, -0.05) is 195 Å². The molecule has 0 saturated heterocycles. The maximum atomic E-state index is 12.8. The first-order valence-electron chi connectivity index (χ1n) is 26.3. The van der Waals surface area contributed by atoms with Crippen LogP contribution in [0.3, 0.4) is 0 Å². The van der Waals surface area contributed by atoms with Crippen LogP contribution in [0.1, 0.15) is 206 Å². The number of hydrogen-bond acceptors (Lipinski definition) is 6. The van der Waals surface area contributed by atoms with Crippen LogP contribution in [0.2, 0.25) is 0 Å². The summed E-state index contributed by atoms with van der Waals surface area (Å²) in [4.78, 5) is 23.0. The smallest absolute Gasteiger partial charge is 0.457 e. The van der Waals surface area contributed by atoms with Gasteiger partial charge in [0.15, 0.2) is 0 Å². The summed E-state index contributed by atoms with van der Waals surface area (Å²) in [5.41, 5.74) is 0. The largest absolute Gasteiger partial charge is 0.472 e. The van der Waals surface area contributed by atoms with Crippen molar-refractivity contribution in [2.75, 3.05) is 54.1 Å². The van der Waals surface area contributed by atoms with Gasteiger partial charge >= 0.3 is 13.8 Å². The van der Waals surface area contributed by atoms with E-state index in [1.807, 2.05) is 21.1 Å². The number of hydrogen-bond donors (Lipinski definition) is 1. The summed E-state index contributed by atoms with van der Waals surface area (Å²) < 4.78 is 35.2. The third kappa shape index (κ3) is 52.5. The summed E-state index contributed by atoms with van der Waals surface area (Å²) in [7, 11) is 1.64. The van der Waals surface area contributed by atoms with E-state index in [4.69, 9.17) is 18.5 Å². The molecule has 0 radical (unpaired) electrons. The van der Waals surface area contributed by atoms with Gasteiger partial charge in [-0.25, -0.2) is 4.57 Å². The van der Waals surface area contributed by atoms with Crippen molar-refractivity contribution in [2.45, 2.75) is 213 Å². The van der Waals surface area contributed by atoms with Gasteiger partial charge < -0.3 is 18.9 Å². The Morgan fingerprint density at radius 2 is 0.892 bits per heavy atom. The minimum absolute atomic E-state index is 0.0799. The number of allylic oxidation sites excluding steroid dienone is 14. The van der Waals surface area contributed by atoms with E-state index in [0.29, 0.717) is 24.1 Å². The van der Waals surface area contributed by atoms with Crippen LogP contribution < -0.4 is 0 Å². The maximum Gasteiger partial charge on any atom is 0.472 e. The minimum atomic E-state index is -4.29. The Bertz CT molecular complexity index is 1310. The Balaban J connectivity index is 4.18. The van der Waals surface area contributed by atoms with Gasteiger partial charge in [0.1, 0.15) is 19.3 Å². The zero-order chi connectivity index (χ0) is 47.6. The Morgan fingerprint density at radius 1 is 0.492 bits per heavy atom. The quantitative estimate of drug-likeness (QED) is 0.0214. The molecule has 0 fully saturated rings. The number of quaternary nitrogens is 1. The lowest BCUT2D eigenvalue weighted by atomic mass is 10.1. The first-order valence-corrected chi connectivity index (χ1v) is 27.8. The van der Waals surface area contributed by atoms with Gasteiger partial charge in [0, 0.05) is 13.0 Å². The van der Waals surface area contributed by atoms with Crippen LogP contribution in [0, 0.1) is 0 Å². The average molecular weight is 931 g/mol. The second-order valence-electron chi connectivity index (χ2n) is 18.5. The van der Waals surface area contributed by atoms with Crippen LogP contribution in [0.15, 0.2) is 85.1 Å². The summed E-state index contributed by atoms with van der Waals surface area (Å²) in [5.74, 6) is -0.331. The predicted octanol–water partition coefficient (Wildman–Crippen LogP) is 16.4. The maximum absolute atomic E-state index is 12.8. The zero-order valence-corrected chi connectivity index (χ0v) is 43.6. The molecule has 1 N–H and O–H groups in total. The van der Waals surface area contributed by atoms with Crippen molar-refractivity contribution in [3.63, 3.8) is 0 Å². The molecule has 65 heavy (non-hydrogen) atoms. The fraction of sp³-hybridized carbons (Fsp3) is 0.732. The van der Waals surface area contributed by atoms with Gasteiger partial charge in [-0.15, -0.1) is 0 Å². The van der Waals surface area contributed by atoms with Gasteiger partial charge in [0.2, 0.25) is 0 Å². The van der Waals surface area contributed by atoms with E-state index < -0.39 is 13.9 Å². The SMILES string of the molecule is CC/C=C\C/C=C\C/C=C\C/C=C\CCCCCCCCC(=O)OC(COCCCCCCCCCCC/C=C\C/C=C\C/C=C\CCCCCCC)COP(=O)(O)OCC[N+](C)(C)C. The van der Waals surface area contributed by atoms with Crippen molar-refractivity contribution in [2.24, 2.45) is 0 Å². The van der Waals surface area contributed by atoms with Gasteiger partial charge in [-0.3, -0.25) is 13.8 Å². The van der Waals surface area contributed by atoms with E-state index >= 15 is 0 Å². The molecule has 0 aliphatic heterocycles. The van der Waals surface area contributed by atoms with E-state index in [0.717, 1.165) is 83.5 Å². The van der Waals surface area contributed by atoms with Gasteiger partial charge in [-0.2, -0.15) is 0 Å². The molecule has 0 bridgehead atoms. The number of ether oxygens (including phenoxy) is 2. The number of unbranched alkanes of at least 4 members (excludes halogenated alkanes) is 20. The summed E-state index contributed by atoms with van der Waals surface area (Å²) in [6.07, 6.45) is 64.9. The van der Waals surface area contributed by atoms with Crippen LogP contribution in [0.25, 0.3) is 0 Å². The van der Waals surface area contributed by atoms with Crippen molar-refractivity contribution in [3.8, 4) is 0 Å². The van der Waals surface area contributed by atoms with E-state index in [9.17, 15) is 14.3 Å². The minimum Gasteiger partial charge on any atom is -0.457 e. The van der Waals surface area contributed by atoms with Crippen molar-refractivity contribution in [1.29, 1.82) is 0 Å². The Hall–Kier alpha value is -2.32. The van der Waals surface area contributed by atoms with Gasteiger partial charge in [0.25, 0.3) is 0 Å². The molecule has 0 aliphatic carbocycles. The van der Waals surface area contributed by atoms with Crippen LogP contribution in [0.5, 0.6) is 0 Å². The van der Waals surface area contributed by atoms with Crippen molar-refractivity contribution >= 4 is 13.8 Å². The number of esters is 1. The van der Waals surface area contributed by atoms with Crippen LogP contribution in [0.4, 0.5) is 0 Å². The number of phosphoric ester groups is 1. The van der Waals surface area contributed by atoms with E-state index in [-0.39, 0.29) is 25.8 Å². The molecule has 0 saturated carbocycles. The van der Waals surface area contributed by atoms with Crippen molar-refractivity contribution in [3.05, 3.63) is 85.1 Å². The Kier molecular flexibility index (Phi) is 46.4. The number of rotatable bonds is 48. The molecule has 0 aromatic carbocycles. The highest BCUT2D eigenvalue weighted by Gasteiger charge is 2.26. The molecule has 8 nitrogen and oxygen atoms in total. The lowest BCUT2D eigenvalue weighted by Gasteiger charge is -2.24. The van der Waals surface area contributed by atoms with Crippen molar-refractivity contribution < 1.29 is 37.3 Å². The molecule has 0 aromatic heterocycles. The molecule has 0 amide bonds. The number of carbonyl (C=O) groups excluding carboxylic acids is 1. The molecular weight excluding hydrogens is 830 g/mol. The number of nitrogens with zero attached hydrogens (tertiary/aromatic N) is 1. The summed E-state index contributed by atoms with van der Waals surface area (Å²) in [6.45, 7) is 5.46. The topological polar surface area (TPSA) is 91.3 Å². The lowest BCUT2D eigenvalue weighted by Crippen LogP contribution is -2.37. The second kappa shape index (κ2) is 48.1. The molecular formula is C56H101NO7P+. The number of phosphoric acid groups is 1. The summed E-state index contributed by atoms with van der Waals surface area (Å²) in [6, 6.07) is 0. The molecule has 0 spiro atoms. The molecule has 0 rings (SSSR count). The van der Waals surface area contributed by atoms with Crippen LogP contribution >= 0.6 is 7.82 Å².